The summed E-state index contributed by atoms with van der Waals surface area (Å²) in [4.78, 5) is 60.5. The number of azide groups is 1. The molecule has 3 aliphatic rings. The SMILES string of the molecule is CS(=O)(=O)c1ccc(C(=O)N(C2([C@H](O)C(N)=O)CCCCC2)[C@](CC2CCCCC2)(N=[N+]=[N-])C(=O)N2CCC[C@H]2C(N)=O)cc1. The molecule has 45 heavy (non-hydrogen) atoms. The maximum Gasteiger partial charge on any atom is 0.255 e. The van der Waals surface area contributed by atoms with Crippen molar-refractivity contribution in [3.05, 3.63) is 40.3 Å². The van der Waals surface area contributed by atoms with Gasteiger partial charge < -0.3 is 26.4 Å². The number of carbonyl (C=O) groups excluding carboxylic acids is 4. The Balaban J connectivity index is 2.03. The lowest BCUT2D eigenvalue weighted by molar-refractivity contribution is -0.161. The van der Waals surface area contributed by atoms with Crippen molar-refractivity contribution in [3.8, 4) is 0 Å². The highest BCUT2D eigenvalue weighted by molar-refractivity contribution is 7.90. The maximum atomic E-state index is 15.0. The van der Waals surface area contributed by atoms with E-state index in [-0.39, 0.29) is 48.6 Å². The lowest BCUT2D eigenvalue weighted by Gasteiger charge is -2.55. The summed E-state index contributed by atoms with van der Waals surface area (Å²) in [6.45, 7) is 0.121. The van der Waals surface area contributed by atoms with Crippen molar-refractivity contribution in [2.45, 2.75) is 112 Å². The molecule has 1 heterocycles. The van der Waals surface area contributed by atoms with Crippen LogP contribution in [-0.4, -0.2) is 83.1 Å². The van der Waals surface area contributed by atoms with Crippen LogP contribution in [0.3, 0.4) is 0 Å². The number of primary amides is 2. The summed E-state index contributed by atoms with van der Waals surface area (Å²) in [5, 5.41) is 15.7. The minimum Gasteiger partial charge on any atom is -0.381 e. The number of benzene rings is 1. The van der Waals surface area contributed by atoms with Crippen LogP contribution >= 0.6 is 0 Å². The van der Waals surface area contributed by atoms with E-state index >= 15 is 0 Å². The summed E-state index contributed by atoms with van der Waals surface area (Å²) in [6, 6.07) is 4.06. The van der Waals surface area contributed by atoms with E-state index in [1.165, 1.54) is 29.2 Å². The van der Waals surface area contributed by atoms with E-state index in [1.54, 1.807) is 0 Å². The molecule has 4 amide bonds. The van der Waals surface area contributed by atoms with Crippen LogP contribution in [0.25, 0.3) is 10.4 Å². The second-order valence-corrected chi connectivity index (χ2v) is 14.7. The van der Waals surface area contributed by atoms with E-state index in [0.29, 0.717) is 32.1 Å². The minimum absolute atomic E-state index is 0.0453. The third-order valence-corrected chi connectivity index (χ3v) is 10.9. The monoisotopic (exact) mass is 645 g/mol. The molecule has 0 aromatic heterocycles. The molecule has 1 aliphatic heterocycles. The topological polar surface area (TPSA) is 230 Å². The van der Waals surface area contributed by atoms with Gasteiger partial charge in [0.1, 0.15) is 6.04 Å². The zero-order chi connectivity index (χ0) is 33.0. The molecule has 1 saturated heterocycles. The smallest absolute Gasteiger partial charge is 0.255 e. The van der Waals surface area contributed by atoms with E-state index < -0.39 is 56.8 Å². The fourth-order valence-corrected chi connectivity index (χ4v) is 8.20. The number of amides is 4. The van der Waals surface area contributed by atoms with E-state index in [4.69, 9.17) is 11.5 Å². The number of hydrogen-bond acceptors (Lipinski definition) is 8. The number of rotatable bonds is 11. The molecule has 4 rings (SSSR count). The fourth-order valence-electron chi connectivity index (χ4n) is 7.57. The molecule has 0 bridgehead atoms. The van der Waals surface area contributed by atoms with Gasteiger partial charge in [-0.05, 0) is 67.8 Å². The van der Waals surface area contributed by atoms with Gasteiger partial charge in [0, 0.05) is 23.3 Å². The van der Waals surface area contributed by atoms with Crippen LogP contribution in [0.1, 0.15) is 93.8 Å². The largest absolute Gasteiger partial charge is 0.381 e. The first kappa shape index (κ1) is 34.2. The Labute approximate surface area is 263 Å². The zero-order valence-electron chi connectivity index (χ0n) is 25.6. The second-order valence-electron chi connectivity index (χ2n) is 12.7. The average Bonchev–Trinajstić information content (AvgIpc) is 3.51. The second kappa shape index (κ2) is 13.8. The third-order valence-electron chi connectivity index (χ3n) is 9.74. The van der Waals surface area contributed by atoms with Crippen molar-refractivity contribution in [2.75, 3.05) is 12.8 Å². The molecule has 5 N–H and O–H groups in total. The van der Waals surface area contributed by atoms with Gasteiger partial charge in [-0.2, -0.15) is 0 Å². The van der Waals surface area contributed by atoms with Gasteiger partial charge in [0.15, 0.2) is 15.9 Å². The first-order chi connectivity index (χ1) is 21.3. The fraction of sp³-hybridized carbons (Fsp3) is 0.667. The molecule has 1 aromatic carbocycles. The van der Waals surface area contributed by atoms with Crippen LogP contribution in [0, 0.1) is 5.92 Å². The molecule has 0 radical (unpaired) electrons. The van der Waals surface area contributed by atoms with Gasteiger partial charge in [-0.1, -0.05) is 56.5 Å². The number of nitrogens with two attached hydrogens (primary N) is 2. The highest BCUT2D eigenvalue weighted by atomic mass is 32.2. The first-order valence-electron chi connectivity index (χ1n) is 15.6. The Hall–Kier alpha value is -3.68. The standard InChI is InChI=1S/C30H43N7O7S/c1-45(43,44)22-14-12-21(13-15-22)27(41)37(29(24(38)26(32)40)16-6-3-7-17-29)30(34-35-33,19-20-9-4-2-5-10-20)28(42)36-18-8-11-23(36)25(31)39/h12-15,20,23-24,38H,2-11,16-19H2,1H3,(H2,31,39)(H2,32,40)/t23-,24+,30-/m0/s1. The Bertz CT molecular complexity index is 1450. The average molecular weight is 646 g/mol. The van der Waals surface area contributed by atoms with E-state index in [1.807, 2.05) is 0 Å². The van der Waals surface area contributed by atoms with E-state index in [9.17, 15) is 38.2 Å². The Morgan fingerprint density at radius 1 is 1.04 bits per heavy atom. The molecular formula is C30H43N7O7S. The van der Waals surface area contributed by atoms with Crippen molar-refractivity contribution in [3.63, 3.8) is 0 Å². The first-order valence-corrected chi connectivity index (χ1v) is 17.5. The van der Waals surface area contributed by atoms with Gasteiger partial charge >= 0.3 is 0 Å². The maximum absolute atomic E-state index is 15.0. The number of aliphatic hydroxyl groups excluding tert-OH is 1. The quantitative estimate of drug-likeness (QED) is 0.185. The van der Waals surface area contributed by atoms with Crippen LogP contribution in [0.15, 0.2) is 34.3 Å². The highest BCUT2D eigenvalue weighted by Gasteiger charge is 2.61. The lowest BCUT2D eigenvalue weighted by Crippen LogP contribution is -2.73. The van der Waals surface area contributed by atoms with Crippen LogP contribution in [0.4, 0.5) is 0 Å². The normalized spacial score (nSPS) is 22.4. The molecule has 15 heteroatoms. The number of hydrogen-bond donors (Lipinski definition) is 3. The minimum atomic E-state index is -3.61. The molecular weight excluding hydrogens is 602 g/mol. The molecule has 1 aromatic rings. The summed E-state index contributed by atoms with van der Waals surface area (Å²) in [5.41, 5.74) is 17.4. The van der Waals surface area contributed by atoms with Gasteiger partial charge in [-0.25, -0.2) is 8.42 Å². The summed E-state index contributed by atoms with van der Waals surface area (Å²) in [5.74, 6) is -3.68. The van der Waals surface area contributed by atoms with Gasteiger partial charge in [0.25, 0.3) is 11.8 Å². The highest BCUT2D eigenvalue weighted by Crippen LogP contribution is 2.47. The molecule has 2 aliphatic carbocycles. The third kappa shape index (κ3) is 6.80. The van der Waals surface area contributed by atoms with Crippen LogP contribution < -0.4 is 11.5 Å². The number of nitrogens with zero attached hydrogens (tertiary/aromatic N) is 5. The molecule has 3 fully saturated rings. The molecule has 14 nitrogen and oxygen atoms in total. The summed E-state index contributed by atoms with van der Waals surface area (Å²) in [7, 11) is -3.61. The summed E-state index contributed by atoms with van der Waals surface area (Å²) >= 11 is 0. The van der Waals surface area contributed by atoms with Gasteiger partial charge in [-0.15, -0.1) is 0 Å². The predicted molar refractivity (Wildman–Crippen MR) is 164 cm³/mol. The molecule has 3 atom stereocenters. The van der Waals surface area contributed by atoms with E-state index in [2.05, 4.69) is 10.0 Å². The van der Waals surface area contributed by atoms with E-state index in [0.717, 1.165) is 36.8 Å². The number of carbonyl (C=O) groups is 4. The van der Waals surface area contributed by atoms with Gasteiger partial charge in [0.2, 0.25) is 17.5 Å². The molecule has 0 unspecified atom stereocenters. The summed E-state index contributed by atoms with van der Waals surface area (Å²) < 4.78 is 24.4. The molecule has 0 spiro atoms. The lowest BCUT2D eigenvalue weighted by atomic mass is 9.72. The predicted octanol–water partition coefficient (Wildman–Crippen LogP) is 2.53. The Kier molecular flexibility index (Phi) is 10.5. The van der Waals surface area contributed by atoms with Crippen LogP contribution in [-0.2, 0) is 24.2 Å². The van der Waals surface area contributed by atoms with Crippen molar-refractivity contribution in [2.24, 2.45) is 22.5 Å². The number of aliphatic hydroxyl groups is 1. The van der Waals surface area contributed by atoms with Crippen molar-refractivity contribution >= 4 is 33.5 Å². The zero-order valence-corrected chi connectivity index (χ0v) is 26.5. The van der Waals surface area contributed by atoms with Crippen molar-refractivity contribution in [1.29, 1.82) is 0 Å². The van der Waals surface area contributed by atoms with Crippen molar-refractivity contribution < 1.29 is 32.7 Å². The van der Waals surface area contributed by atoms with Crippen molar-refractivity contribution in [1.82, 2.24) is 9.80 Å². The van der Waals surface area contributed by atoms with Crippen LogP contribution in [0.5, 0.6) is 0 Å². The van der Waals surface area contributed by atoms with Gasteiger partial charge in [0.05, 0.1) is 10.4 Å². The Morgan fingerprint density at radius 2 is 1.64 bits per heavy atom. The molecule has 246 valence electrons. The Morgan fingerprint density at radius 3 is 2.18 bits per heavy atom. The summed E-state index contributed by atoms with van der Waals surface area (Å²) in [6.07, 6.45) is 5.59. The molecule has 2 saturated carbocycles. The number of likely N-dealkylation sites (tertiary alicyclic amines) is 1. The van der Waals surface area contributed by atoms with Gasteiger partial charge in [-0.3, -0.25) is 19.2 Å². The van der Waals surface area contributed by atoms with Crippen LogP contribution in [0.2, 0.25) is 0 Å². The number of sulfone groups is 1.